The molecule has 0 unspecified atom stereocenters. The first kappa shape index (κ1) is 14.8. The summed E-state index contributed by atoms with van der Waals surface area (Å²) in [5, 5.41) is 18.8. The maximum atomic E-state index is 11.3. The maximum Gasteiger partial charge on any atom is 0.334 e. The van der Waals surface area contributed by atoms with E-state index in [2.05, 4.69) is 15.3 Å². The number of hydrogen-bond donors (Lipinski definition) is 1. The van der Waals surface area contributed by atoms with Gasteiger partial charge in [-0.25, -0.2) is 4.68 Å². The van der Waals surface area contributed by atoms with Crippen molar-refractivity contribution in [2.24, 2.45) is 13.0 Å². The Bertz CT molecular complexity index is 477. The molecule has 1 N–H and O–H groups in total. The minimum absolute atomic E-state index is 0.182. The van der Waals surface area contributed by atoms with Gasteiger partial charge in [0, 0.05) is 20.1 Å². The van der Waals surface area contributed by atoms with Gasteiger partial charge in [-0.1, -0.05) is 6.92 Å². The van der Waals surface area contributed by atoms with Gasteiger partial charge in [-0.2, -0.15) is 5.10 Å². The zero-order valence-electron chi connectivity index (χ0n) is 12.4. The van der Waals surface area contributed by atoms with Crippen LogP contribution >= 0.6 is 0 Å². The Morgan fingerprint density at radius 1 is 1.45 bits per heavy atom. The number of nitrogens with zero attached hydrogens (tertiary/aromatic N) is 4. The summed E-state index contributed by atoms with van der Waals surface area (Å²) in [5.41, 5.74) is 0.756. The zero-order chi connectivity index (χ0) is 14.7. The molecule has 0 amide bonds. The third-order valence-corrected chi connectivity index (χ3v) is 3.99. The van der Waals surface area contributed by atoms with Crippen molar-refractivity contribution in [3.05, 3.63) is 15.8 Å². The molecule has 1 aliphatic rings. The van der Waals surface area contributed by atoms with Crippen LogP contribution in [0.25, 0.3) is 0 Å². The number of aromatic nitrogens is 2. The van der Waals surface area contributed by atoms with Crippen molar-refractivity contribution in [2.45, 2.75) is 26.2 Å². The highest BCUT2D eigenvalue weighted by Gasteiger charge is 2.31. The van der Waals surface area contributed by atoms with Crippen LogP contribution in [0, 0.1) is 16.0 Å². The third kappa shape index (κ3) is 2.77. The molecule has 1 aliphatic heterocycles. The molecule has 1 fully saturated rings. The zero-order valence-corrected chi connectivity index (χ0v) is 12.4. The summed E-state index contributed by atoms with van der Waals surface area (Å²) >= 11 is 0. The predicted octanol–water partition coefficient (Wildman–Crippen LogP) is 1.33. The molecule has 0 aromatic carbocycles. The Hall–Kier alpha value is -1.63. The molecule has 0 saturated carbocycles. The molecule has 0 bridgehead atoms. The second-order valence-electron chi connectivity index (χ2n) is 5.34. The summed E-state index contributed by atoms with van der Waals surface area (Å²) < 4.78 is 1.66. The number of rotatable bonds is 5. The van der Waals surface area contributed by atoms with Crippen molar-refractivity contribution in [3.8, 4) is 0 Å². The molecular weight excluding hydrogens is 258 g/mol. The van der Waals surface area contributed by atoms with Crippen molar-refractivity contribution in [1.82, 2.24) is 15.1 Å². The summed E-state index contributed by atoms with van der Waals surface area (Å²) in [6, 6.07) is 0. The second kappa shape index (κ2) is 6.21. The van der Waals surface area contributed by atoms with Gasteiger partial charge in [-0.3, -0.25) is 10.1 Å². The van der Waals surface area contributed by atoms with Crippen molar-refractivity contribution in [3.63, 3.8) is 0 Å². The van der Waals surface area contributed by atoms with Gasteiger partial charge >= 0.3 is 5.69 Å². The van der Waals surface area contributed by atoms with Crippen LogP contribution in [-0.4, -0.2) is 41.4 Å². The largest absolute Gasteiger partial charge is 0.351 e. The molecule has 7 heteroatoms. The number of aryl methyl sites for hydroxylation is 2. The lowest BCUT2D eigenvalue weighted by atomic mass is 9.97. The van der Waals surface area contributed by atoms with E-state index in [-0.39, 0.29) is 10.6 Å². The van der Waals surface area contributed by atoms with E-state index in [0.717, 1.165) is 32.5 Å². The van der Waals surface area contributed by atoms with Crippen LogP contribution in [0.2, 0.25) is 0 Å². The van der Waals surface area contributed by atoms with Crippen molar-refractivity contribution < 1.29 is 4.92 Å². The van der Waals surface area contributed by atoms with E-state index in [1.165, 1.54) is 0 Å². The fourth-order valence-electron chi connectivity index (χ4n) is 2.98. The molecule has 112 valence electrons. The van der Waals surface area contributed by atoms with Crippen molar-refractivity contribution in [2.75, 3.05) is 31.6 Å². The first-order valence-electron chi connectivity index (χ1n) is 7.18. The smallest absolute Gasteiger partial charge is 0.334 e. The number of anilines is 1. The Kier molecular flexibility index (Phi) is 4.59. The maximum absolute atomic E-state index is 11.3. The summed E-state index contributed by atoms with van der Waals surface area (Å²) in [5.74, 6) is 1.32. The minimum atomic E-state index is -0.291. The molecule has 1 aromatic heterocycles. The highest BCUT2D eigenvalue weighted by Crippen LogP contribution is 2.34. The lowest BCUT2D eigenvalue weighted by Crippen LogP contribution is -2.37. The second-order valence-corrected chi connectivity index (χ2v) is 5.34. The van der Waals surface area contributed by atoms with E-state index in [4.69, 9.17) is 0 Å². The minimum Gasteiger partial charge on any atom is -0.351 e. The van der Waals surface area contributed by atoms with E-state index in [9.17, 15) is 10.1 Å². The molecule has 1 aromatic rings. The van der Waals surface area contributed by atoms with Crippen LogP contribution in [-0.2, 0) is 13.5 Å². The van der Waals surface area contributed by atoms with E-state index < -0.39 is 0 Å². The van der Waals surface area contributed by atoms with E-state index >= 15 is 0 Å². The van der Waals surface area contributed by atoms with Crippen LogP contribution in [0.4, 0.5) is 11.5 Å². The standard InChI is InChI=1S/C13H23N5O2/c1-4-11-12(18(19)20)13(16(3)15-11)17-7-5-10(6-8-17)9-14-2/h10,14H,4-9H2,1-3H3. The number of piperidine rings is 1. The topological polar surface area (TPSA) is 76.2 Å². The Morgan fingerprint density at radius 3 is 2.60 bits per heavy atom. The number of hydrogen-bond acceptors (Lipinski definition) is 5. The molecule has 0 aliphatic carbocycles. The molecule has 2 rings (SSSR count). The van der Waals surface area contributed by atoms with Crippen LogP contribution in [0.1, 0.15) is 25.5 Å². The average molecular weight is 281 g/mol. The fraction of sp³-hybridized carbons (Fsp3) is 0.769. The van der Waals surface area contributed by atoms with Gasteiger partial charge in [0.1, 0.15) is 5.69 Å². The highest BCUT2D eigenvalue weighted by atomic mass is 16.6. The summed E-state index contributed by atoms with van der Waals surface area (Å²) in [4.78, 5) is 13.2. The number of nitrogens with one attached hydrogen (secondary N) is 1. The van der Waals surface area contributed by atoms with Crippen molar-refractivity contribution >= 4 is 11.5 Å². The van der Waals surface area contributed by atoms with E-state index in [1.807, 2.05) is 14.0 Å². The lowest BCUT2D eigenvalue weighted by molar-refractivity contribution is -0.384. The van der Waals surface area contributed by atoms with Crippen LogP contribution < -0.4 is 10.2 Å². The molecule has 1 saturated heterocycles. The molecular formula is C13H23N5O2. The van der Waals surface area contributed by atoms with E-state index in [0.29, 0.717) is 23.9 Å². The molecule has 0 radical (unpaired) electrons. The monoisotopic (exact) mass is 281 g/mol. The van der Waals surface area contributed by atoms with Gasteiger partial charge in [-0.15, -0.1) is 0 Å². The van der Waals surface area contributed by atoms with Gasteiger partial charge in [0.15, 0.2) is 0 Å². The van der Waals surface area contributed by atoms with Gasteiger partial charge < -0.3 is 10.2 Å². The fourth-order valence-corrected chi connectivity index (χ4v) is 2.98. The summed E-state index contributed by atoms with van der Waals surface area (Å²) in [6.45, 7) is 4.63. The van der Waals surface area contributed by atoms with Gasteiger partial charge in [0.2, 0.25) is 5.82 Å². The van der Waals surface area contributed by atoms with Crippen LogP contribution in [0.3, 0.4) is 0 Å². The number of nitro groups is 1. The molecule has 20 heavy (non-hydrogen) atoms. The van der Waals surface area contributed by atoms with Gasteiger partial charge in [0.05, 0.1) is 4.92 Å². The highest BCUT2D eigenvalue weighted by molar-refractivity contribution is 5.61. The normalized spacial score (nSPS) is 16.6. The Morgan fingerprint density at radius 2 is 2.10 bits per heavy atom. The Balaban J connectivity index is 2.21. The van der Waals surface area contributed by atoms with E-state index in [1.54, 1.807) is 11.7 Å². The van der Waals surface area contributed by atoms with Crippen LogP contribution in [0.15, 0.2) is 0 Å². The Labute approximate surface area is 119 Å². The van der Waals surface area contributed by atoms with Crippen LogP contribution in [0.5, 0.6) is 0 Å². The SMILES string of the molecule is CCc1nn(C)c(N2CCC(CNC)CC2)c1[N+](=O)[O-]. The molecule has 7 nitrogen and oxygen atoms in total. The molecule has 0 atom stereocenters. The predicted molar refractivity (Wildman–Crippen MR) is 78.1 cm³/mol. The summed E-state index contributed by atoms with van der Waals surface area (Å²) in [6.07, 6.45) is 2.70. The summed E-state index contributed by atoms with van der Waals surface area (Å²) in [7, 11) is 3.76. The quantitative estimate of drug-likeness (QED) is 0.651. The van der Waals surface area contributed by atoms with Crippen molar-refractivity contribution in [1.29, 1.82) is 0 Å². The third-order valence-electron chi connectivity index (χ3n) is 3.99. The first-order valence-corrected chi connectivity index (χ1v) is 7.18. The molecule has 0 spiro atoms. The molecule has 2 heterocycles. The van der Waals surface area contributed by atoms with Gasteiger partial charge in [0.25, 0.3) is 0 Å². The first-order chi connectivity index (χ1) is 9.58. The van der Waals surface area contributed by atoms with Gasteiger partial charge in [-0.05, 0) is 38.8 Å². The average Bonchev–Trinajstić information content (AvgIpc) is 2.77. The lowest BCUT2D eigenvalue weighted by Gasteiger charge is -2.32.